The molecule has 0 aliphatic carbocycles. The molecule has 3 rings (SSSR count). The predicted octanol–water partition coefficient (Wildman–Crippen LogP) is 2.91. The van der Waals surface area contributed by atoms with Crippen LogP contribution in [-0.2, 0) is 9.59 Å². The van der Waals surface area contributed by atoms with Gasteiger partial charge in [-0.3, -0.25) is 9.59 Å². The second-order valence-electron chi connectivity index (χ2n) is 6.69. The van der Waals surface area contributed by atoms with E-state index in [-0.39, 0.29) is 24.7 Å². The van der Waals surface area contributed by atoms with Crippen LogP contribution in [0.15, 0.2) is 59.7 Å². The SMILES string of the molecule is Cc1ccc(OCCNC(=O)CCC(=O)N2CCC(c3ccccc3)=N2)cc1. The highest BCUT2D eigenvalue weighted by Crippen LogP contribution is 2.15. The lowest BCUT2D eigenvalue weighted by atomic mass is 10.1. The van der Waals surface area contributed by atoms with E-state index in [9.17, 15) is 9.59 Å². The van der Waals surface area contributed by atoms with Crippen LogP contribution in [0.5, 0.6) is 5.75 Å². The summed E-state index contributed by atoms with van der Waals surface area (Å²) < 4.78 is 5.56. The summed E-state index contributed by atoms with van der Waals surface area (Å²) in [6.45, 7) is 3.37. The van der Waals surface area contributed by atoms with E-state index in [1.165, 1.54) is 10.6 Å². The maximum absolute atomic E-state index is 12.3. The van der Waals surface area contributed by atoms with Gasteiger partial charge in [0, 0.05) is 19.3 Å². The lowest BCUT2D eigenvalue weighted by molar-refractivity contribution is -0.133. The molecule has 2 amide bonds. The molecule has 0 saturated heterocycles. The number of aryl methyl sites for hydroxylation is 1. The summed E-state index contributed by atoms with van der Waals surface area (Å²) in [7, 11) is 0. The number of ether oxygens (including phenoxy) is 1. The van der Waals surface area contributed by atoms with Crippen LogP contribution in [0.25, 0.3) is 0 Å². The number of carbonyl (C=O) groups excluding carboxylic acids is 2. The molecular formula is C22H25N3O3. The van der Waals surface area contributed by atoms with Crippen molar-refractivity contribution in [1.29, 1.82) is 0 Å². The van der Waals surface area contributed by atoms with Gasteiger partial charge in [0.2, 0.25) is 11.8 Å². The van der Waals surface area contributed by atoms with Gasteiger partial charge in [-0.25, -0.2) is 5.01 Å². The maximum Gasteiger partial charge on any atom is 0.243 e. The third kappa shape index (κ3) is 5.67. The number of hydrazone groups is 1. The van der Waals surface area contributed by atoms with Gasteiger partial charge in [-0.1, -0.05) is 48.0 Å². The average molecular weight is 379 g/mol. The maximum atomic E-state index is 12.3. The van der Waals surface area contributed by atoms with E-state index < -0.39 is 0 Å². The van der Waals surface area contributed by atoms with Crippen LogP contribution in [0.4, 0.5) is 0 Å². The zero-order chi connectivity index (χ0) is 19.8. The Morgan fingerprint density at radius 3 is 2.57 bits per heavy atom. The Morgan fingerprint density at radius 2 is 1.82 bits per heavy atom. The molecule has 1 aliphatic heterocycles. The molecule has 0 saturated carbocycles. The molecule has 1 heterocycles. The molecule has 0 aromatic heterocycles. The van der Waals surface area contributed by atoms with Crippen molar-refractivity contribution < 1.29 is 14.3 Å². The predicted molar refractivity (Wildman–Crippen MR) is 108 cm³/mol. The topological polar surface area (TPSA) is 71.0 Å². The van der Waals surface area contributed by atoms with Gasteiger partial charge >= 0.3 is 0 Å². The van der Waals surface area contributed by atoms with E-state index in [4.69, 9.17) is 4.74 Å². The third-order valence-electron chi connectivity index (χ3n) is 4.48. The van der Waals surface area contributed by atoms with Crippen molar-refractivity contribution in [1.82, 2.24) is 10.3 Å². The molecule has 0 radical (unpaired) electrons. The van der Waals surface area contributed by atoms with Gasteiger partial charge < -0.3 is 10.1 Å². The molecule has 1 aliphatic rings. The molecule has 2 aromatic carbocycles. The largest absolute Gasteiger partial charge is 0.492 e. The van der Waals surface area contributed by atoms with E-state index in [1.54, 1.807) is 0 Å². The average Bonchev–Trinajstić information content (AvgIpc) is 3.22. The van der Waals surface area contributed by atoms with Crippen LogP contribution >= 0.6 is 0 Å². The zero-order valence-electron chi connectivity index (χ0n) is 16.1. The smallest absolute Gasteiger partial charge is 0.243 e. The highest BCUT2D eigenvalue weighted by atomic mass is 16.5. The summed E-state index contributed by atoms with van der Waals surface area (Å²) in [5, 5.41) is 8.64. The Balaban J connectivity index is 1.34. The van der Waals surface area contributed by atoms with Gasteiger partial charge in [-0.05, 0) is 24.6 Å². The number of amides is 2. The molecule has 28 heavy (non-hydrogen) atoms. The third-order valence-corrected chi connectivity index (χ3v) is 4.48. The van der Waals surface area contributed by atoms with Crippen molar-refractivity contribution in [2.75, 3.05) is 19.7 Å². The molecular weight excluding hydrogens is 354 g/mol. The van der Waals surface area contributed by atoms with Gasteiger partial charge in [0.1, 0.15) is 12.4 Å². The van der Waals surface area contributed by atoms with Crippen LogP contribution in [0.2, 0.25) is 0 Å². The Morgan fingerprint density at radius 1 is 1.07 bits per heavy atom. The van der Waals surface area contributed by atoms with Gasteiger partial charge in [0.15, 0.2) is 0 Å². The fourth-order valence-corrected chi connectivity index (χ4v) is 2.90. The Labute approximate surface area is 165 Å². The summed E-state index contributed by atoms with van der Waals surface area (Å²) in [5.41, 5.74) is 3.11. The molecule has 1 N–H and O–H groups in total. The van der Waals surface area contributed by atoms with Crippen molar-refractivity contribution in [2.45, 2.75) is 26.2 Å². The Kier molecular flexibility index (Phi) is 6.78. The minimum Gasteiger partial charge on any atom is -0.492 e. The van der Waals surface area contributed by atoms with Gasteiger partial charge in [0.05, 0.1) is 18.8 Å². The van der Waals surface area contributed by atoms with E-state index in [1.807, 2.05) is 61.5 Å². The molecule has 0 fully saturated rings. The molecule has 146 valence electrons. The van der Waals surface area contributed by atoms with Crippen LogP contribution in [0, 0.1) is 6.92 Å². The van der Waals surface area contributed by atoms with Gasteiger partial charge in [-0.2, -0.15) is 5.10 Å². The molecule has 2 aromatic rings. The molecule has 0 bridgehead atoms. The first-order valence-electron chi connectivity index (χ1n) is 9.51. The molecule has 0 atom stereocenters. The molecule has 6 heteroatoms. The fourth-order valence-electron chi connectivity index (χ4n) is 2.90. The van der Waals surface area contributed by atoms with Crippen molar-refractivity contribution >= 4 is 17.5 Å². The first-order valence-corrected chi connectivity index (χ1v) is 9.51. The summed E-state index contributed by atoms with van der Waals surface area (Å²) >= 11 is 0. The van der Waals surface area contributed by atoms with E-state index in [0.717, 1.165) is 23.4 Å². The highest BCUT2D eigenvalue weighted by molar-refractivity contribution is 6.02. The molecule has 0 spiro atoms. The minimum absolute atomic E-state index is 0.128. The highest BCUT2D eigenvalue weighted by Gasteiger charge is 2.21. The van der Waals surface area contributed by atoms with Crippen molar-refractivity contribution in [3.63, 3.8) is 0 Å². The summed E-state index contributed by atoms with van der Waals surface area (Å²) in [4.78, 5) is 24.2. The van der Waals surface area contributed by atoms with Crippen molar-refractivity contribution in [3.05, 3.63) is 65.7 Å². The number of nitrogens with zero attached hydrogens (tertiary/aromatic N) is 2. The summed E-state index contributed by atoms with van der Waals surface area (Å²) in [6, 6.07) is 17.6. The first kappa shape index (κ1) is 19.6. The normalized spacial score (nSPS) is 13.2. The zero-order valence-corrected chi connectivity index (χ0v) is 16.1. The summed E-state index contributed by atoms with van der Waals surface area (Å²) in [5.74, 6) is 0.487. The van der Waals surface area contributed by atoms with Crippen LogP contribution < -0.4 is 10.1 Å². The second kappa shape index (κ2) is 9.69. The number of rotatable bonds is 8. The van der Waals surface area contributed by atoms with E-state index in [2.05, 4.69) is 10.4 Å². The van der Waals surface area contributed by atoms with E-state index >= 15 is 0 Å². The van der Waals surface area contributed by atoms with Gasteiger partial charge in [0.25, 0.3) is 0 Å². The minimum atomic E-state index is -0.160. The van der Waals surface area contributed by atoms with E-state index in [0.29, 0.717) is 19.7 Å². The van der Waals surface area contributed by atoms with Gasteiger partial charge in [-0.15, -0.1) is 0 Å². The number of hydrogen-bond acceptors (Lipinski definition) is 4. The lowest BCUT2D eigenvalue weighted by Crippen LogP contribution is -2.30. The van der Waals surface area contributed by atoms with Crippen LogP contribution in [0.3, 0.4) is 0 Å². The number of hydrogen-bond donors (Lipinski definition) is 1. The number of carbonyl (C=O) groups is 2. The van der Waals surface area contributed by atoms with Crippen LogP contribution in [0.1, 0.15) is 30.4 Å². The Bertz CT molecular complexity index is 832. The van der Waals surface area contributed by atoms with Crippen molar-refractivity contribution in [2.24, 2.45) is 5.10 Å². The molecule has 0 unspecified atom stereocenters. The van der Waals surface area contributed by atoms with Crippen LogP contribution in [-0.4, -0.2) is 42.2 Å². The Hall–Kier alpha value is -3.15. The van der Waals surface area contributed by atoms with Crippen molar-refractivity contribution in [3.8, 4) is 5.75 Å². The number of nitrogens with one attached hydrogen (secondary N) is 1. The quantitative estimate of drug-likeness (QED) is 0.717. The lowest BCUT2D eigenvalue weighted by Gasteiger charge is -2.11. The summed E-state index contributed by atoms with van der Waals surface area (Å²) in [6.07, 6.45) is 1.03. The standard InChI is InChI=1S/C22H25N3O3/c1-17-7-9-19(10-8-17)28-16-14-23-21(26)11-12-22(27)25-15-13-20(24-25)18-5-3-2-4-6-18/h2-10H,11-16H2,1H3,(H,23,26). The first-order chi connectivity index (χ1) is 13.6. The fraction of sp³-hybridized carbons (Fsp3) is 0.318. The number of benzene rings is 2. The second-order valence-corrected chi connectivity index (χ2v) is 6.69. The molecule has 6 nitrogen and oxygen atoms in total. The monoisotopic (exact) mass is 379 g/mol.